The van der Waals surface area contributed by atoms with Crippen LogP contribution in [0.1, 0.15) is 20.7 Å². The van der Waals surface area contributed by atoms with Crippen molar-refractivity contribution in [2.24, 2.45) is 0 Å². The molecule has 0 spiro atoms. The Morgan fingerprint density at radius 1 is 0.966 bits per heavy atom. The molecule has 1 saturated heterocycles. The molecule has 1 fully saturated rings. The van der Waals surface area contributed by atoms with Crippen LogP contribution >= 0.6 is 0 Å². The summed E-state index contributed by atoms with van der Waals surface area (Å²) in [6, 6.07) is 13.1. The van der Waals surface area contributed by atoms with Crippen LogP contribution in [-0.4, -0.2) is 74.6 Å². The van der Waals surface area contributed by atoms with Crippen molar-refractivity contribution in [3.05, 3.63) is 65.7 Å². The van der Waals surface area contributed by atoms with Crippen LogP contribution < -0.4 is 0 Å². The molecular weight excluding hydrogens is 392 g/mol. The lowest BCUT2D eigenvalue weighted by molar-refractivity contribution is 0.0347. The van der Waals surface area contributed by atoms with E-state index in [4.69, 9.17) is 4.74 Å². The zero-order valence-corrected chi connectivity index (χ0v) is 16.7. The van der Waals surface area contributed by atoms with E-state index < -0.39 is 27.6 Å². The predicted molar refractivity (Wildman–Crippen MR) is 106 cm³/mol. The largest absolute Gasteiger partial charge is 0.379 e. The predicted octanol–water partition coefficient (Wildman–Crippen LogP) is 1.46. The van der Waals surface area contributed by atoms with Gasteiger partial charge in [0.15, 0.2) is 17.6 Å². The maximum Gasteiger partial charge on any atom is 0.244 e. The number of benzene rings is 2. The molecular formula is C21H22N2O5S. The van der Waals surface area contributed by atoms with E-state index in [9.17, 15) is 18.0 Å². The molecule has 1 atom stereocenters. The van der Waals surface area contributed by atoms with Crippen molar-refractivity contribution in [3.63, 3.8) is 0 Å². The Morgan fingerprint density at radius 2 is 1.62 bits per heavy atom. The molecule has 0 aromatic heterocycles. The highest BCUT2D eigenvalue weighted by atomic mass is 32.2. The van der Waals surface area contributed by atoms with Crippen LogP contribution in [0.15, 0.2) is 59.5 Å². The Kier molecular flexibility index (Phi) is 5.60. The molecule has 4 rings (SSSR count). The molecule has 0 bridgehead atoms. The van der Waals surface area contributed by atoms with E-state index in [1.165, 1.54) is 12.1 Å². The number of Topliss-reactive ketones (excluding diaryl/α,β-unsaturated/α-hetero) is 2. The number of carbonyl (C=O) groups is 2. The van der Waals surface area contributed by atoms with E-state index in [0.717, 1.165) is 4.31 Å². The summed E-state index contributed by atoms with van der Waals surface area (Å²) in [7, 11) is -3.99. The molecule has 7 nitrogen and oxygen atoms in total. The van der Waals surface area contributed by atoms with Gasteiger partial charge in [-0.05, 0) is 12.1 Å². The number of ether oxygens (including phenoxy) is 1. The standard InChI is InChI=1S/C21H22N2O5S/c24-20(16-6-2-1-3-7-16)19-21(25)17-8-4-5-9-18(17)29(26,27)23(19)11-10-22-12-14-28-15-13-22/h1-9,19H,10-15H2/t19-/m1/s1. The van der Waals surface area contributed by atoms with E-state index in [1.54, 1.807) is 42.5 Å². The minimum absolute atomic E-state index is 0.0379. The van der Waals surface area contributed by atoms with Crippen molar-refractivity contribution in [2.75, 3.05) is 39.4 Å². The first-order valence-electron chi connectivity index (χ1n) is 9.54. The molecule has 0 amide bonds. The van der Waals surface area contributed by atoms with Gasteiger partial charge in [-0.3, -0.25) is 14.5 Å². The summed E-state index contributed by atoms with van der Waals surface area (Å²) in [5.41, 5.74) is 0.390. The Hall–Kier alpha value is -2.39. The van der Waals surface area contributed by atoms with Crippen LogP contribution in [0.2, 0.25) is 0 Å². The van der Waals surface area contributed by atoms with Crippen LogP contribution in [0.3, 0.4) is 0 Å². The molecule has 2 aliphatic heterocycles. The lowest BCUT2D eigenvalue weighted by Crippen LogP contribution is -2.55. The minimum Gasteiger partial charge on any atom is -0.379 e. The van der Waals surface area contributed by atoms with Crippen molar-refractivity contribution in [2.45, 2.75) is 10.9 Å². The maximum atomic E-state index is 13.3. The van der Waals surface area contributed by atoms with Crippen LogP contribution in [0.25, 0.3) is 0 Å². The number of rotatable bonds is 5. The molecule has 152 valence electrons. The first kappa shape index (κ1) is 19.9. The molecule has 0 saturated carbocycles. The van der Waals surface area contributed by atoms with E-state index in [-0.39, 0.29) is 17.0 Å². The molecule has 2 aliphatic rings. The lowest BCUT2D eigenvalue weighted by Gasteiger charge is -2.36. The highest BCUT2D eigenvalue weighted by molar-refractivity contribution is 7.89. The molecule has 0 N–H and O–H groups in total. The maximum absolute atomic E-state index is 13.3. The molecule has 0 aliphatic carbocycles. The summed E-state index contributed by atoms with van der Waals surface area (Å²) >= 11 is 0. The lowest BCUT2D eigenvalue weighted by atomic mass is 9.96. The van der Waals surface area contributed by atoms with Gasteiger partial charge in [-0.25, -0.2) is 8.42 Å². The number of carbonyl (C=O) groups excluding carboxylic acids is 2. The van der Waals surface area contributed by atoms with E-state index in [1.807, 2.05) is 0 Å². The van der Waals surface area contributed by atoms with Gasteiger partial charge in [0, 0.05) is 37.3 Å². The third-order valence-electron chi connectivity index (χ3n) is 5.32. The van der Waals surface area contributed by atoms with Crippen LogP contribution in [0.5, 0.6) is 0 Å². The summed E-state index contributed by atoms with van der Waals surface area (Å²) in [6.45, 7) is 3.04. The average Bonchev–Trinajstić information content (AvgIpc) is 2.76. The quantitative estimate of drug-likeness (QED) is 0.544. The second-order valence-corrected chi connectivity index (χ2v) is 8.92. The van der Waals surface area contributed by atoms with Gasteiger partial charge in [0.1, 0.15) is 0 Å². The number of fused-ring (bicyclic) bond motifs is 1. The van der Waals surface area contributed by atoms with Crippen molar-refractivity contribution in [3.8, 4) is 0 Å². The highest BCUT2D eigenvalue weighted by Crippen LogP contribution is 2.31. The Balaban J connectivity index is 1.72. The topological polar surface area (TPSA) is 84.0 Å². The third kappa shape index (κ3) is 3.76. The van der Waals surface area contributed by atoms with Gasteiger partial charge in [0.25, 0.3) is 0 Å². The number of nitrogens with zero attached hydrogens (tertiary/aromatic N) is 2. The molecule has 2 aromatic rings. The van der Waals surface area contributed by atoms with Crippen LogP contribution in [0.4, 0.5) is 0 Å². The smallest absolute Gasteiger partial charge is 0.244 e. The SMILES string of the molecule is O=C(c1ccccc1)[C@@H]1C(=O)c2ccccc2S(=O)(=O)N1CCN1CCOCC1. The number of sulfonamides is 1. The van der Waals surface area contributed by atoms with Gasteiger partial charge in [0.2, 0.25) is 10.0 Å². The van der Waals surface area contributed by atoms with E-state index >= 15 is 0 Å². The monoisotopic (exact) mass is 414 g/mol. The first-order valence-corrected chi connectivity index (χ1v) is 11.0. The Morgan fingerprint density at radius 3 is 2.34 bits per heavy atom. The zero-order valence-electron chi connectivity index (χ0n) is 15.9. The van der Waals surface area contributed by atoms with Gasteiger partial charge in [-0.2, -0.15) is 4.31 Å². The average molecular weight is 414 g/mol. The Bertz CT molecular complexity index is 1020. The number of hydrogen-bond donors (Lipinski definition) is 0. The van der Waals surface area contributed by atoms with E-state index in [0.29, 0.717) is 38.4 Å². The second kappa shape index (κ2) is 8.16. The fraction of sp³-hybridized carbons (Fsp3) is 0.333. The van der Waals surface area contributed by atoms with Gasteiger partial charge in [-0.1, -0.05) is 42.5 Å². The zero-order chi connectivity index (χ0) is 20.4. The second-order valence-electron chi connectivity index (χ2n) is 7.06. The molecule has 0 unspecified atom stereocenters. The normalized spacial score (nSPS) is 22.2. The molecule has 2 heterocycles. The van der Waals surface area contributed by atoms with E-state index in [2.05, 4.69) is 4.90 Å². The minimum atomic E-state index is -3.99. The summed E-state index contributed by atoms with van der Waals surface area (Å²) in [4.78, 5) is 28.5. The third-order valence-corrected chi connectivity index (χ3v) is 7.25. The summed E-state index contributed by atoms with van der Waals surface area (Å²) in [6.07, 6.45) is 0. The van der Waals surface area contributed by atoms with Gasteiger partial charge in [0.05, 0.1) is 18.1 Å². The fourth-order valence-corrected chi connectivity index (χ4v) is 5.50. The van der Waals surface area contributed by atoms with Crippen LogP contribution in [0, 0.1) is 0 Å². The van der Waals surface area contributed by atoms with Gasteiger partial charge < -0.3 is 4.74 Å². The summed E-state index contributed by atoms with van der Waals surface area (Å²) in [5, 5.41) is 0. The molecule has 8 heteroatoms. The van der Waals surface area contributed by atoms with Crippen LogP contribution in [-0.2, 0) is 14.8 Å². The van der Waals surface area contributed by atoms with Crippen molar-refractivity contribution >= 4 is 21.6 Å². The van der Waals surface area contributed by atoms with Crippen molar-refractivity contribution < 1.29 is 22.7 Å². The molecule has 0 radical (unpaired) electrons. The highest BCUT2D eigenvalue weighted by Gasteiger charge is 2.47. The van der Waals surface area contributed by atoms with Gasteiger partial charge in [-0.15, -0.1) is 0 Å². The Labute approximate surface area is 169 Å². The van der Waals surface area contributed by atoms with Crippen molar-refractivity contribution in [1.82, 2.24) is 9.21 Å². The molecule has 29 heavy (non-hydrogen) atoms. The first-order chi connectivity index (χ1) is 14.0. The van der Waals surface area contributed by atoms with Crippen molar-refractivity contribution in [1.29, 1.82) is 0 Å². The summed E-state index contributed by atoms with van der Waals surface area (Å²) in [5.74, 6) is -0.984. The summed E-state index contributed by atoms with van der Waals surface area (Å²) < 4.78 is 33.1. The fourth-order valence-electron chi connectivity index (χ4n) is 3.76. The number of ketones is 2. The number of hydrogen-bond acceptors (Lipinski definition) is 6. The number of morpholine rings is 1. The van der Waals surface area contributed by atoms with Gasteiger partial charge >= 0.3 is 0 Å². The molecule has 2 aromatic carbocycles.